The maximum absolute atomic E-state index is 9.22. The standard InChI is InChI=1S/C13H18N6O2/c1-2-21-13-17-11(16-12(18-13)19-14)15-8-7-9-3-5-10(20)6-4-9/h3-6,20H,2,7-8,14H2,1H3,(H2,15,16,17,18,19). The summed E-state index contributed by atoms with van der Waals surface area (Å²) in [4.78, 5) is 12.2. The minimum absolute atomic E-state index is 0.215. The Labute approximate surface area is 122 Å². The van der Waals surface area contributed by atoms with Gasteiger partial charge in [0.05, 0.1) is 6.61 Å². The smallest absolute Gasteiger partial charge is 0.323 e. The number of nitrogens with zero attached hydrogens (tertiary/aromatic N) is 3. The van der Waals surface area contributed by atoms with Crippen molar-refractivity contribution in [2.24, 2.45) is 5.84 Å². The highest BCUT2D eigenvalue weighted by Crippen LogP contribution is 2.12. The minimum atomic E-state index is 0.215. The number of anilines is 2. The van der Waals surface area contributed by atoms with E-state index in [1.165, 1.54) is 0 Å². The second-order valence-electron chi connectivity index (χ2n) is 4.19. The first-order valence-corrected chi connectivity index (χ1v) is 6.58. The first-order valence-electron chi connectivity index (χ1n) is 6.58. The van der Waals surface area contributed by atoms with E-state index < -0.39 is 0 Å². The van der Waals surface area contributed by atoms with Crippen LogP contribution in [0.25, 0.3) is 0 Å². The number of phenolic OH excluding ortho intramolecular Hbond substituents is 1. The number of nitrogens with two attached hydrogens (primary N) is 1. The van der Waals surface area contributed by atoms with E-state index in [1.807, 2.05) is 19.1 Å². The Morgan fingerprint density at radius 1 is 1.14 bits per heavy atom. The highest BCUT2D eigenvalue weighted by Gasteiger charge is 2.06. The molecule has 0 aliphatic carbocycles. The van der Waals surface area contributed by atoms with Crippen LogP contribution < -0.4 is 21.3 Å². The Bertz CT molecular complexity index is 575. The zero-order valence-corrected chi connectivity index (χ0v) is 11.7. The number of nitrogens with one attached hydrogen (secondary N) is 2. The Morgan fingerprint density at radius 2 is 1.86 bits per heavy atom. The molecule has 0 aliphatic rings. The molecule has 8 nitrogen and oxygen atoms in total. The average Bonchev–Trinajstić information content (AvgIpc) is 2.49. The van der Waals surface area contributed by atoms with Crippen LogP contribution in [-0.2, 0) is 6.42 Å². The molecule has 1 aromatic carbocycles. The van der Waals surface area contributed by atoms with Crippen LogP contribution in [0.2, 0.25) is 0 Å². The lowest BCUT2D eigenvalue weighted by molar-refractivity contribution is 0.312. The third kappa shape index (κ3) is 4.46. The van der Waals surface area contributed by atoms with Crippen molar-refractivity contribution in [3.8, 4) is 11.8 Å². The van der Waals surface area contributed by atoms with Gasteiger partial charge in [0.15, 0.2) is 0 Å². The predicted octanol–water partition coefficient (Wildman–Crippen LogP) is 0.916. The number of aromatic nitrogens is 3. The van der Waals surface area contributed by atoms with Crippen molar-refractivity contribution in [2.75, 3.05) is 23.9 Å². The van der Waals surface area contributed by atoms with Gasteiger partial charge in [-0.05, 0) is 31.0 Å². The maximum atomic E-state index is 9.22. The quantitative estimate of drug-likeness (QED) is 0.439. The van der Waals surface area contributed by atoms with Crippen molar-refractivity contribution in [3.05, 3.63) is 29.8 Å². The molecule has 0 radical (unpaired) electrons. The molecule has 0 bridgehead atoms. The number of rotatable bonds is 7. The topological polar surface area (TPSA) is 118 Å². The summed E-state index contributed by atoms with van der Waals surface area (Å²) in [6.45, 7) is 2.93. The first kappa shape index (κ1) is 14.8. The summed E-state index contributed by atoms with van der Waals surface area (Å²) in [6.07, 6.45) is 0.765. The van der Waals surface area contributed by atoms with Crippen LogP contribution in [0.15, 0.2) is 24.3 Å². The number of hydrogen-bond donors (Lipinski definition) is 4. The Hall–Kier alpha value is -2.61. The van der Waals surface area contributed by atoms with Crippen LogP contribution in [0.1, 0.15) is 12.5 Å². The molecule has 112 valence electrons. The van der Waals surface area contributed by atoms with Gasteiger partial charge in [0.1, 0.15) is 5.75 Å². The maximum Gasteiger partial charge on any atom is 0.323 e. The van der Waals surface area contributed by atoms with E-state index in [2.05, 4.69) is 25.7 Å². The lowest BCUT2D eigenvalue weighted by atomic mass is 10.1. The summed E-state index contributed by atoms with van der Waals surface area (Å²) in [5.41, 5.74) is 3.46. The molecule has 2 aromatic rings. The normalized spacial score (nSPS) is 10.2. The summed E-state index contributed by atoms with van der Waals surface area (Å²) in [5.74, 6) is 6.19. The molecule has 8 heteroatoms. The lowest BCUT2D eigenvalue weighted by Crippen LogP contribution is -2.15. The van der Waals surface area contributed by atoms with Gasteiger partial charge in [-0.25, -0.2) is 5.84 Å². The number of hydrogen-bond acceptors (Lipinski definition) is 8. The molecule has 2 rings (SSSR count). The Morgan fingerprint density at radius 3 is 2.52 bits per heavy atom. The Balaban J connectivity index is 1.95. The number of hydrazine groups is 1. The van der Waals surface area contributed by atoms with Crippen molar-refractivity contribution in [2.45, 2.75) is 13.3 Å². The average molecular weight is 290 g/mol. The van der Waals surface area contributed by atoms with Crippen LogP contribution in [0.5, 0.6) is 11.8 Å². The molecule has 0 unspecified atom stereocenters. The summed E-state index contributed by atoms with van der Waals surface area (Å²) >= 11 is 0. The monoisotopic (exact) mass is 290 g/mol. The largest absolute Gasteiger partial charge is 0.508 e. The fraction of sp³-hybridized carbons (Fsp3) is 0.308. The molecule has 0 amide bonds. The van der Waals surface area contributed by atoms with Gasteiger partial charge in [0.25, 0.3) is 0 Å². The Kier molecular flexibility index (Phi) is 5.10. The second-order valence-corrected chi connectivity index (χ2v) is 4.19. The van der Waals surface area contributed by atoms with Crippen molar-refractivity contribution in [1.29, 1.82) is 0 Å². The van der Waals surface area contributed by atoms with Crippen LogP contribution in [0.4, 0.5) is 11.9 Å². The first-order chi connectivity index (χ1) is 10.2. The number of aromatic hydroxyl groups is 1. The number of phenols is 1. The van der Waals surface area contributed by atoms with Crippen LogP contribution in [0.3, 0.4) is 0 Å². The molecular weight excluding hydrogens is 272 g/mol. The number of ether oxygens (including phenoxy) is 1. The van der Waals surface area contributed by atoms with E-state index in [0.717, 1.165) is 12.0 Å². The predicted molar refractivity (Wildman–Crippen MR) is 79.1 cm³/mol. The van der Waals surface area contributed by atoms with Gasteiger partial charge in [-0.2, -0.15) is 15.0 Å². The molecule has 21 heavy (non-hydrogen) atoms. The van der Waals surface area contributed by atoms with E-state index in [4.69, 9.17) is 10.6 Å². The van der Waals surface area contributed by atoms with E-state index in [-0.39, 0.29) is 17.7 Å². The van der Waals surface area contributed by atoms with E-state index in [0.29, 0.717) is 19.1 Å². The third-order valence-corrected chi connectivity index (χ3v) is 2.65. The molecule has 1 heterocycles. The van der Waals surface area contributed by atoms with E-state index in [9.17, 15) is 5.11 Å². The molecule has 1 aromatic heterocycles. The molecule has 0 saturated carbocycles. The fourth-order valence-corrected chi connectivity index (χ4v) is 1.68. The van der Waals surface area contributed by atoms with Gasteiger partial charge in [-0.3, -0.25) is 5.43 Å². The third-order valence-electron chi connectivity index (χ3n) is 2.65. The van der Waals surface area contributed by atoms with Gasteiger partial charge < -0.3 is 15.2 Å². The zero-order chi connectivity index (χ0) is 15.1. The molecule has 0 atom stereocenters. The molecule has 0 fully saturated rings. The van der Waals surface area contributed by atoms with Crippen molar-refractivity contribution >= 4 is 11.9 Å². The molecule has 5 N–H and O–H groups in total. The van der Waals surface area contributed by atoms with Crippen LogP contribution >= 0.6 is 0 Å². The molecule has 0 aliphatic heterocycles. The summed E-state index contributed by atoms with van der Waals surface area (Å²) in [6, 6.07) is 7.25. The SMILES string of the molecule is CCOc1nc(NN)nc(NCCc2ccc(O)cc2)n1. The van der Waals surface area contributed by atoms with Gasteiger partial charge in [-0.15, -0.1) is 0 Å². The van der Waals surface area contributed by atoms with Crippen LogP contribution in [-0.4, -0.2) is 33.2 Å². The zero-order valence-electron chi connectivity index (χ0n) is 11.7. The van der Waals surface area contributed by atoms with Crippen molar-refractivity contribution in [3.63, 3.8) is 0 Å². The van der Waals surface area contributed by atoms with Gasteiger partial charge in [0, 0.05) is 6.54 Å². The van der Waals surface area contributed by atoms with Crippen LogP contribution in [0, 0.1) is 0 Å². The second kappa shape index (κ2) is 7.25. The highest BCUT2D eigenvalue weighted by molar-refractivity contribution is 5.35. The van der Waals surface area contributed by atoms with Gasteiger partial charge >= 0.3 is 6.01 Å². The number of benzene rings is 1. The van der Waals surface area contributed by atoms with E-state index >= 15 is 0 Å². The lowest BCUT2D eigenvalue weighted by Gasteiger charge is -2.08. The van der Waals surface area contributed by atoms with Crippen molar-refractivity contribution in [1.82, 2.24) is 15.0 Å². The van der Waals surface area contributed by atoms with E-state index in [1.54, 1.807) is 12.1 Å². The van der Waals surface area contributed by atoms with Gasteiger partial charge in [0.2, 0.25) is 11.9 Å². The molecule has 0 spiro atoms. The highest BCUT2D eigenvalue weighted by atomic mass is 16.5. The fourth-order valence-electron chi connectivity index (χ4n) is 1.68. The summed E-state index contributed by atoms with van der Waals surface area (Å²) in [7, 11) is 0. The summed E-state index contributed by atoms with van der Waals surface area (Å²) in [5, 5.41) is 12.3. The molecular formula is C13H18N6O2. The van der Waals surface area contributed by atoms with Gasteiger partial charge in [-0.1, -0.05) is 12.1 Å². The van der Waals surface area contributed by atoms with Crippen molar-refractivity contribution < 1.29 is 9.84 Å². The minimum Gasteiger partial charge on any atom is -0.508 e. The number of nitrogen functional groups attached to an aromatic ring is 1. The molecule has 0 saturated heterocycles. The summed E-state index contributed by atoms with van der Waals surface area (Å²) < 4.78 is 5.24.